The van der Waals surface area contributed by atoms with Crippen LogP contribution in [0.3, 0.4) is 0 Å². The lowest BCUT2D eigenvalue weighted by atomic mass is 10.0. The number of nitrogens with zero attached hydrogens (tertiary/aromatic N) is 1. The maximum atomic E-state index is 11.1. The van der Waals surface area contributed by atoms with Crippen molar-refractivity contribution in [3.05, 3.63) is 52.8 Å². The highest BCUT2D eigenvalue weighted by molar-refractivity contribution is 9.10. The van der Waals surface area contributed by atoms with Crippen LogP contribution in [0, 0.1) is 0 Å². The average molecular weight is 320 g/mol. The predicted octanol–water partition coefficient (Wildman–Crippen LogP) is 3.62. The van der Waals surface area contributed by atoms with E-state index < -0.39 is 0 Å². The molecule has 0 amide bonds. The number of carbonyl (C=O) groups excluding carboxylic acids is 1. The van der Waals surface area contributed by atoms with Gasteiger partial charge in [0, 0.05) is 28.9 Å². The second-order valence-corrected chi connectivity index (χ2v) is 5.08. The third-order valence-corrected chi connectivity index (χ3v) is 3.27. The number of methoxy groups -OCH3 is 1. The summed E-state index contributed by atoms with van der Waals surface area (Å²) in [5.74, 6) is -0.180. The minimum atomic E-state index is -0.180. The number of carbonyl (C=O) groups is 1. The van der Waals surface area contributed by atoms with Crippen molar-refractivity contribution in [2.24, 2.45) is 0 Å². The molecule has 0 saturated carbocycles. The highest BCUT2D eigenvalue weighted by Gasteiger charge is 2.03. The molecule has 0 aliphatic carbocycles. The van der Waals surface area contributed by atoms with Crippen molar-refractivity contribution in [1.82, 2.24) is 4.98 Å². The number of aromatic nitrogens is 1. The molecule has 0 aliphatic rings. The smallest absolute Gasteiger partial charge is 0.305 e. The Hall–Kier alpha value is -1.68. The van der Waals surface area contributed by atoms with E-state index >= 15 is 0 Å². The zero-order valence-corrected chi connectivity index (χ0v) is 12.2. The van der Waals surface area contributed by atoms with Gasteiger partial charge in [0.25, 0.3) is 0 Å². The van der Waals surface area contributed by atoms with E-state index in [2.05, 4.69) is 25.7 Å². The summed E-state index contributed by atoms with van der Waals surface area (Å²) < 4.78 is 5.58. The number of esters is 1. The van der Waals surface area contributed by atoms with Crippen LogP contribution in [0.1, 0.15) is 12.0 Å². The molecule has 0 atom stereocenters. The Bertz CT molecular complexity index is 567. The molecule has 1 aromatic heterocycles. The number of rotatable bonds is 4. The molecule has 0 aliphatic heterocycles. The molecule has 0 saturated heterocycles. The zero-order valence-electron chi connectivity index (χ0n) is 10.6. The standard InChI is InChI=1S/C15H14BrNO2/c1-19-15(18)7-4-11-2-5-12(6-3-11)13-8-14(16)10-17-9-13/h2-3,5-6,8-10H,4,7H2,1H3. The summed E-state index contributed by atoms with van der Waals surface area (Å²) in [6, 6.07) is 10.2. The minimum absolute atomic E-state index is 0.180. The van der Waals surface area contributed by atoms with Gasteiger partial charge in [0.1, 0.15) is 0 Å². The molecule has 0 bridgehead atoms. The van der Waals surface area contributed by atoms with E-state index in [1.807, 2.05) is 36.5 Å². The third kappa shape index (κ3) is 3.89. The Morgan fingerprint density at radius 2 is 1.95 bits per heavy atom. The maximum Gasteiger partial charge on any atom is 0.305 e. The van der Waals surface area contributed by atoms with Gasteiger partial charge in [-0.15, -0.1) is 0 Å². The van der Waals surface area contributed by atoms with Gasteiger partial charge >= 0.3 is 5.97 Å². The Morgan fingerprint density at radius 1 is 1.21 bits per heavy atom. The SMILES string of the molecule is COC(=O)CCc1ccc(-c2cncc(Br)c2)cc1. The molecule has 0 spiro atoms. The van der Waals surface area contributed by atoms with Crippen molar-refractivity contribution in [3.8, 4) is 11.1 Å². The molecule has 19 heavy (non-hydrogen) atoms. The van der Waals surface area contributed by atoms with Gasteiger partial charge in [-0.05, 0) is 39.5 Å². The van der Waals surface area contributed by atoms with Gasteiger partial charge in [-0.2, -0.15) is 0 Å². The largest absolute Gasteiger partial charge is 0.469 e. The van der Waals surface area contributed by atoms with E-state index in [1.54, 1.807) is 6.20 Å². The number of pyridine rings is 1. The van der Waals surface area contributed by atoms with Crippen molar-refractivity contribution >= 4 is 21.9 Å². The third-order valence-electron chi connectivity index (χ3n) is 2.84. The maximum absolute atomic E-state index is 11.1. The van der Waals surface area contributed by atoms with Gasteiger partial charge in [-0.3, -0.25) is 9.78 Å². The van der Waals surface area contributed by atoms with Crippen LogP contribution in [-0.4, -0.2) is 18.1 Å². The predicted molar refractivity (Wildman–Crippen MR) is 77.7 cm³/mol. The van der Waals surface area contributed by atoms with Gasteiger partial charge in [0.2, 0.25) is 0 Å². The van der Waals surface area contributed by atoms with E-state index in [-0.39, 0.29) is 5.97 Å². The highest BCUT2D eigenvalue weighted by atomic mass is 79.9. The summed E-state index contributed by atoms with van der Waals surface area (Å²) in [4.78, 5) is 15.2. The lowest BCUT2D eigenvalue weighted by Gasteiger charge is -2.04. The summed E-state index contributed by atoms with van der Waals surface area (Å²) in [5, 5.41) is 0. The molecule has 2 rings (SSSR count). The van der Waals surface area contributed by atoms with Gasteiger partial charge < -0.3 is 4.74 Å². The zero-order chi connectivity index (χ0) is 13.7. The van der Waals surface area contributed by atoms with Crippen LogP contribution in [0.25, 0.3) is 11.1 Å². The average Bonchev–Trinajstić information content (AvgIpc) is 2.45. The number of hydrogen-bond donors (Lipinski definition) is 0. The molecular weight excluding hydrogens is 306 g/mol. The van der Waals surface area contributed by atoms with Crippen molar-refractivity contribution in [2.75, 3.05) is 7.11 Å². The summed E-state index contributed by atoms with van der Waals surface area (Å²) in [7, 11) is 1.41. The Labute approximate surface area is 120 Å². The van der Waals surface area contributed by atoms with Crippen LogP contribution in [0.4, 0.5) is 0 Å². The summed E-state index contributed by atoms with van der Waals surface area (Å²) in [6.07, 6.45) is 4.69. The first-order valence-corrected chi connectivity index (χ1v) is 6.75. The van der Waals surface area contributed by atoms with Gasteiger partial charge in [-0.25, -0.2) is 0 Å². The first-order valence-electron chi connectivity index (χ1n) is 5.96. The summed E-state index contributed by atoms with van der Waals surface area (Å²) in [5.41, 5.74) is 3.29. The molecule has 1 heterocycles. The molecule has 0 fully saturated rings. The fourth-order valence-electron chi connectivity index (χ4n) is 1.78. The lowest BCUT2D eigenvalue weighted by molar-refractivity contribution is -0.140. The quantitative estimate of drug-likeness (QED) is 0.808. The first kappa shape index (κ1) is 13.7. The van der Waals surface area contributed by atoms with Crippen molar-refractivity contribution in [3.63, 3.8) is 0 Å². The van der Waals surface area contributed by atoms with Crippen LogP contribution in [0.5, 0.6) is 0 Å². The molecule has 98 valence electrons. The molecule has 4 heteroatoms. The van der Waals surface area contributed by atoms with E-state index in [4.69, 9.17) is 0 Å². The fraction of sp³-hybridized carbons (Fsp3) is 0.200. The number of aryl methyl sites for hydroxylation is 1. The number of benzene rings is 1. The van der Waals surface area contributed by atoms with Crippen LogP contribution < -0.4 is 0 Å². The minimum Gasteiger partial charge on any atom is -0.469 e. The van der Waals surface area contributed by atoms with Crippen LogP contribution in [0.15, 0.2) is 47.2 Å². The van der Waals surface area contributed by atoms with Gasteiger partial charge in [-0.1, -0.05) is 24.3 Å². The molecule has 0 unspecified atom stereocenters. The van der Waals surface area contributed by atoms with Crippen molar-refractivity contribution in [1.29, 1.82) is 0 Å². The number of hydrogen-bond acceptors (Lipinski definition) is 3. The van der Waals surface area contributed by atoms with Crippen molar-refractivity contribution in [2.45, 2.75) is 12.8 Å². The number of halogens is 1. The van der Waals surface area contributed by atoms with Crippen LogP contribution in [0.2, 0.25) is 0 Å². The summed E-state index contributed by atoms with van der Waals surface area (Å²) in [6.45, 7) is 0. The van der Waals surface area contributed by atoms with Crippen LogP contribution in [-0.2, 0) is 16.0 Å². The molecular formula is C15H14BrNO2. The molecule has 2 aromatic rings. The highest BCUT2D eigenvalue weighted by Crippen LogP contribution is 2.22. The molecule has 3 nitrogen and oxygen atoms in total. The second kappa shape index (κ2) is 6.48. The molecule has 0 N–H and O–H groups in total. The van der Waals surface area contributed by atoms with Gasteiger partial charge in [0.05, 0.1) is 7.11 Å². The topological polar surface area (TPSA) is 39.2 Å². The Balaban J connectivity index is 2.08. The fourth-order valence-corrected chi connectivity index (χ4v) is 2.15. The lowest BCUT2D eigenvalue weighted by Crippen LogP contribution is -2.01. The Morgan fingerprint density at radius 3 is 2.58 bits per heavy atom. The number of ether oxygens (including phenoxy) is 1. The van der Waals surface area contributed by atoms with Crippen LogP contribution >= 0.6 is 15.9 Å². The summed E-state index contributed by atoms with van der Waals surface area (Å²) >= 11 is 3.41. The van der Waals surface area contributed by atoms with E-state index in [0.717, 1.165) is 21.2 Å². The van der Waals surface area contributed by atoms with Crippen molar-refractivity contribution < 1.29 is 9.53 Å². The Kier molecular flexibility index (Phi) is 4.68. The van der Waals surface area contributed by atoms with E-state index in [1.165, 1.54) is 7.11 Å². The monoisotopic (exact) mass is 319 g/mol. The normalized spacial score (nSPS) is 10.2. The van der Waals surface area contributed by atoms with E-state index in [9.17, 15) is 4.79 Å². The van der Waals surface area contributed by atoms with Gasteiger partial charge in [0.15, 0.2) is 0 Å². The molecule has 1 aromatic carbocycles. The molecule has 0 radical (unpaired) electrons. The first-order chi connectivity index (χ1) is 9.19. The van der Waals surface area contributed by atoms with E-state index in [0.29, 0.717) is 12.8 Å². The second-order valence-electron chi connectivity index (χ2n) is 4.16.